The van der Waals surface area contributed by atoms with Crippen molar-refractivity contribution in [1.82, 2.24) is 10.6 Å². The van der Waals surface area contributed by atoms with Crippen molar-refractivity contribution in [3.8, 4) is 0 Å². The Morgan fingerprint density at radius 2 is 0.851 bits per heavy atom. The van der Waals surface area contributed by atoms with Gasteiger partial charge in [0.1, 0.15) is 12.2 Å². The number of aliphatic carboxylic acids is 3. The van der Waals surface area contributed by atoms with Crippen LogP contribution in [0.3, 0.4) is 0 Å². The quantitative estimate of drug-likeness (QED) is 0.0982. The fourth-order valence-electron chi connectivity index (χ4n) is 7.07. The number of hydrogen-bond donors (Lipinski definition) is 6. The van der Waals surface area contributed by atoms with Crippen LogP contribution in [0.4, 0.5) is 0 Å². The zero-order chi connectivity index (χ0) is 36.3. The predicted molar refractivity (Wildman–Crippen MR) is 175 cm³/mol. The third-order valence-electron chi connectivity index (χ3n) is 8.20. The van der Waals surface area contributed by atoms with Crippen LogP contribution in [0.1, 0.15) is 145 Å². The Bertz CT molecular complexity index is 978. The summed E-state index contributed by atoms with van der Waals surface area (Å²) in [5.74, 6) is -5.15. The van der Waals surface area contributed by atoms with Gasteiger partial charge in [0.2, 0.25) is 0 Å². The Morgan fingerprint density at radius 3 is 1.11 bits per heavy atom. The van der Waals surface area contributed by atoms with Crippen molar-refractivity contribution in [2.24, 2.45) is 0 Å². The molecule has 0 saturated carbocycles. The van der Waals surface area contributed by atoms with Crippen LogP contribution in [0.15, 0.2) is 0 Å². The van der Waals surface area contributed by atoms with Crippen LogP contribution in [0, 0.1) is 0 Å². The van der Waals surface area contributed by atoms with Crippen molar-refractivity contribution >= 4 is 29.8 Å². The topological polar surface area (TPSA) is 209 Å². The van der Waals surface area contributed by atoms with Crippen LogP contribution in [0.5, 0.6) is 0 Å². The summed E-state index contributed by atoms with van der Waals surface area (Å²) in [5, 5.41) is 41.1. The molecule has 0 atom stereocenters. The van der Waals surface area contributed by atoms with Crippen LogP contribution in [-0.4, -0.2) is 90.2 Å². The van der Waals surface area contributed by atoms with Crippen molar-refractivity contribution in [3.63, 3.8) is 0 Å². The zero-order valence-corrected chi connectivity index (χ0v) is 29.7. The SMILES string of the molecule is CC1(C)CC(OC(=O)CCCCCCCCC(=O)OC2CC(C)(C)NC(C)(C)C2)CC(C)(C)N1.O=C(O)CC(O)(CC(=O)O)C(=O)O. The van der Waals surface area contributed by atoms with E-state index in [1.54, 1.807) is 0 Å². The summed E-state index contributed by atoms with van der Waals surface area (Å²) in [6.45, 7) is 17.4. The molecule has 0 spiro atoms. The van der Waals surface area contributed by atoms with E-state index in [0.717, 1.165) is 64.2 Å². The summed E-state index contributed by atoms with van der Waals surface area (Å²) >= 11 is 0. The second-order valence-electron chi connectivity index (χ2n) is 15.9. The molecule has 2 aliphatic rings. The smallest absolute Gasteiger partial charge is 0.336 e. The fraction of sp³-hybridized carbons (Fsp3) is 0.853. The molecule has 0 unspecified atom stereocenters. The summed E-state index contributed by atoms with van der Waals surface area (Å²) in [6, 6.07) is 0. The number of rotatable bonds is 16. The van der Waals surface area contributed by atoms with Gasteiger partial charge in [0.25, 0.3) is 0 Å². The molecule has 0 bridgehead atoms. The van der Waals surface area contributed by atoms with Crippen molar-refractivity contribution in [2.75, 3.05) is 0 Å². The van der Waals surface area contributed by atoms with E-state index in [-0.39, 0.29) is 46.3 Å². The molecule has 13 heteroatoms. The summed E-state index contributed by atoms with van der Waals surface area (Å²) in [7, 11) is 0. The summed E-state index contributed by atoms with van der Waals surface area (Å²) in [6.07, 6.45) is 8.14. The summed E-state index contributed by atoms with van der Waals surface area (Å²) in [5.41, 5.74) is -2.79. The van der Waals surface area contributed by atoms with E-state index in [1.807, 2.05) is 0 Å². The Balaban J connectivity index is 0.000000716. The molecular weight excluding hydrogens is 612 g/mol. The molecule has 0 aliphatic carbocycles. The number of unbranched alkanes of at least 4 members (excludes halogenated alkanes) is 5. The van der Waals surface area contributed by atoms with Crippen molar-refractivity contribution < 1.29 is 53.9 Å². The van der Waals surface area contributed by atoms with E-state index < -0.39 is 36.4 Å². The van der Waals surface area contributed by atoms with E-state index in [0.29, 0.717) is 12.8 Å². The average Bonchev–Trinajstić information content (AvgIpc) is 2.80. The third-order valence-corrected chi connectivity index (χ3v) is 8.20. The standard InChI is InChI=1S/C28H52N2O4.C6H8O7/c1-25(2)17-21(18-26(3,4)29-25)33-23(31)15-13-11-9-10-12-14-16-24(32)34-22-19-27(5,6)30-28(7,8)20-22;7-3(8)1-6(13,5(11)12)2-4(9)10/h21-22,29-30H,9-20H2,1-8H3;13H,1-2H2,(H,7,8)(H,9,10)(H,11,12). The van der Waals surface area contributed by atoms with Crippen molar-refractivity contribution in [2.45, 2.75) is 185 Å². The lowest BCUT2D eigenvalue weighted by atomic mass is 9.81. The van der Waals surface area contributed by atoms with E-state index >= 15 is 0 Å². The molecule has 2 saturated heterocycles. The predicted octanol–water partition coefficient (Wildman–Crippen LogP) is 4.56. The molecule has 2 fully saturated rings. The Morgan fingerprint density at radius 1 is 0.574 bits per heavy atom. The maximum absolute atomic E-state index is 12.3. The van der Waals surface area contributed by atoms with Gasteiger partial charge in [0.05, 0.1) is 12.8 Å². The van der Waals surface area contributed by atoms with E-state index in [9.17, 15) is 24.0 Å². The third kappa shape index (κ3) is 17.8. The maximum atomic E-state index is 12.3. The minimum Gasteiger partial charge on any atom is -0.481 e. The average molecular weight is 673 g/mol. The number of carbonyl (C=O) groups excluding carboxylic acids is 2. The highest BCUT2D eigenvalue weighted by Gasteiger charge is 2.42. The normalized spacial score (nSPS) is 20.3. The number of hydrogen-bond acceptors (Lipinski definition) is 10. The van der Waals surface area contributed by atoms with Gasteiger partial charge in [0.15, 0.2) is 5.60 Å². The van der Waals surface area contributed by atoms with Crippen molar-refractivity contribution in [1.29, 1.82) is 0 Å². The number of esters is 2. The van der Waals surface area contributed by atoms with Gasteiger partial charge in [-0.15, -0.1) is 0 Å². The van der Waals surface area contributed by atoms with E-state index in [4.69, 9.17) is 29.9 Å². The van der Waals surface area contributed by atoms with Gasteiger partial charge in [-0.25, -0.2) is 4.79 Å². The van der Waals surface area contributed by atoms with Gasteiger partial charge in [-0.1, -0.05) is 25.7 Å². The molecule has 272 valence electrons. The van der Waals surface area contributed by atoms with Crippen LogP contribution >= 0.6 is 0 Å². The Hall–Kier alpha value is -2.77. The number of ether oxygens (including phenoxy) is 2. The van der Waals surface area contributed by atoms with E-state index in [1.165, 1.54) is 0 Å². The van der Waals surface area contributed by atoms with E-state index in [2.05, 4.69) is 66.0 Å². The lowest BCUT2D eigenvalue weighted by molar-refractivity contribution is -0.170. The lowest BCUT2D eigenvalue weighted by Crippen LogP contribution is -2.59. The summed E-state index contributed by atoms with van der Waals surface area (Å²) in [4.78, 5) is 55.1. The first-order chi connectivity index (χ1) is 21.3. The van der Waals surface area contributed by atoms with Crippen molar-refractivity contribution in [3.05, 3.63) is 0 Å². The summed E-state index contributed by atoms with van der Waals surface area (Å²) < 4.78 is 11.6. The highest BCUT2D eigenvalue weighted by Crippen LogP contribution is 2.32. The first-order valence-corrected chi connectivity index (χ1v) is 16.7. The second-order valence-corrected chi connectivity index (χ2v) is 15.9. The van der Waals surface area contributed by atoms with Gasteiger partial charge < -0.3 is 40.5 Å². The van der Waals surface area contributed by atoms with Crippen LogP contribution < -0.4 is 10.6 Å². The maximum Gasteiger partial charge on any atom is 0.336 e. The number of carboxylic acid groups (broad SMARTS) is 3. The largest absolute Gasteiger partial charge is 0.481 e. The van der Waals surface area contributed by atoms with Gasteiger partial charge in [-0.05, 0) is 68.2 Å². The molecule has 2 aliphatic heterocycles. The highest BCUT2D eigenvalue weighted by molar-refractivity contribution is 5.88. The van der Waals surface area contributed by atoms with Crippen LogP contribution in [-0.2, 0) is 33.4 Å². The van der Waals surface area contributed by atoms with Gasteiger partial charge >= 0.3 is 29.8 Å². The minimum absolute atomic E-state index is 0.000484. The highest BCUT2D eigenvalue weighted by atomic mass is 16.5. The molecule has 2 heterocycles. The molecule has 0 amide bonds. The molecule has 6 N–H and O–H groups in total. The van der Waals surface area contributed by atoms with Crippen LogP contribution in [0.2, 0.25) is 0 Å². The Labute approximate surface area is 279 Å². The molecule has 47 heavy (non-hydrogen) atoms. The molecular formula is C34H60N2O11. The lowest BCUT2D eigenvalue weighted by Gasteiger charge is -2.46. The second kappa shape index (κ2) is 17.6. The molecule has 13 nitrogen and oxygen atoms in total. The molecule has 0 aromatic rings. The molecule has 0 aromatic carbocycles. The van der Waals surface area contributed by atoms with Gasteiger partial charge in [-0.2, -0.15) is 0 Å². The van der Waals surface area contributed by atoms with Crippen LogP contribution in [0.25, 0.3) is 0 Å². The molecule has 0 aromatic heterocycles. The zero-order valence-electron chi connectivity index (χ0n) is 29.7. The molecule has 0 radical (unpaired) electrons. The first kappa shape index (κ1) is 42.3. The molecule has 2 rings (SSSR count). The van der Waals surface area contributed by atoms with Gasteiger partial charge in [-0.3, -0.25) is 19.2 Å². The number of nitrogens with one attached hydrogen (secondary N) is 2. The minimum atomic E-state index is -2.74. The van der Waals surface area contributed by atoms with Gasteiger partial charge in [0, 0.05) is 60.7 Å². The fourth-order valence-corrected chi connectivity index (χ4v) is 7.07. The Kier molecular flexibility index (Phi) is 15.8. The first-order valence-electron chi connectivity index (χ1n) is 16.7. The number of piperidine rings is 2. The number of carbonyl (C=O) groups is 5. The number of carboxylic acids is 3. The monoisotopic (exact) mass is 672 g/mol. The number of aliphatic hydroxyl groups is 1.